The van der Waals surface area contributed by atoms with Crippen molar-refractivity contribution in [3.05, 3.63) is 12.2 Å². The molecule has 1 rings (SSSR count). The van der Waals surface area contributed by atoms with Crippen LogP contribution in [-0.2, 0) is 4.79 Å². The normalized spacial score (nSPS) is 23.2. The molecule has 0 aromatic carbocycles. The van der Waals surface area contributed by atoms with E-state index < -0.39 is 12.0 Å². The van der Waals surface area contributed by atoms with Crippen LogP contribution in [-0.4, -0.2) is 28.2 Å². The lowest BCUT2D eigenvalue weighted by Gasteiger charge is -2.06. The number of aliphatic carboxylic acids is 1. The van der Waals surface area contributed by atoms with Crippen molar-refractivity contribution in [2.45, 2.75) is 6.04 Å². The van der Waals surface area contributed by atoms with Gasteiger partial charge in [0.15, 0.2) is 6.04 Å². The summed E-state index contributed by atoms with van der Waals surface area (Å²) >= 11 is 4.72. The van der Waals surface area contributed by atoms with Gasteiger partial charge in [0.2, 0.25) is 0 Å². The number of hydrogen-bond donors (Lipinski definition) is 1. The Morgan fingerprint density at radius 1 is 1.80 bits per heavy atom. The minimum Gasteiger partial charge on any atom is -0.479 e. The van der Waals surface area contributed by atoms with Crippen molar-refractivity contribution in [1.82, 2.24) is 0 Å². The average molecular weight is 155 g/mol. The van der Waals surface area contributed by atoms with Gasteiger partial charge in [-0.1, -0.05) is 12.2 Å². The van der Waals surface area contributed by atoms with Gasteiger partial charge >= 0.3 is 5.97 Å². The Bertz CT molecular complexity index is 232. The second-order valence-electron chi connectivity index (χ2n) is 1.80. The van der Waals surface area contributed by atoms with Crippen LogP contribution in [0.1, 0.15) is 0 Å². The van der Waals surface area contributed by atoms with Crippen LogP contribution in [0.15, 0.2) is 17.1 Å². The fourth-order valence-electron chi connectivity index (χ4n) is 0.624. The fraction of sp³-hybridized carbons (Fsp3) is 0.167. The van der Waals surface area contributed by atoms with Gasteiger partial charge in [0.1, 0.15) is 0 Å². The Morgan fingerprint density at radius 3 is 2.90 bits per heavy atom. The predicted octanol–water partition coefficient (Wildman–Crippen LogP) is 0.450. The Hall–Kier alpha value is -1.03. The van der Waals surface area contributed by atoms with E-state index in [4.69, 9.17) is 17.3 Å². The molecule has 52 valence electrons. The molecule has 4 heteroatoms. The quantitative estimate of drug-likeness (QED) is 0.559. The fourth-order valence-corrected chi connectivity index (χ4v) is 0.864. The molecule has 0 bridgehead atoms. The minimum atomic E-state index is -0.995. The first-order valence-corrected chi connectivity index (χ1v) is 3.09. The number of aliphatic imine (C=N–C) groups is 1. The Balaban J connectivity index is 2.80. The molecule has 1 heterocycles. The molecule has 0 saturated heterocycles. The molecule has 1 aliphatic heterocycles. The number of carbonyl (C=O) groups is 1. The van der Waals surface area contributed by atoms with Gasteiger partial charge in [-0.3, -0.25) is 4.99 Å². The summed E-state index contributed by atoms with van der Waals surface area (Å²) in [5.41, 5.74) is 0. The molecular formula is C6H5NO2S. The molecule has 0 aromatic rings. The van der Waals surface area contributed by atoms with Crippen molar-refractivity contribution in [3.63, 3.8) is 0 Å². The molecule has 0 fully saturated rings. The molecule has 0 saturated carbocycles. The SMILES string of the molecule is O=C(O)C1N=CC=CC1=S. The van der Waals surface area contributed by atoms with E-state index in [1.165, 1.54) is 6.21 Å². The second-order valence-corrected chi connectivity index (χ2v) is 2.27. The summed E-state index contributed by atoms with van der Waals surface area (Å²) in [7, 11) is 0. The summed E-state index contributed by atoms with van der Waals surface area (Å²) < 4.78 is 0. The second kappa shape index (κ2) is 2.70. The monoisotopic (exact) mass is 155 g/mol. The van der Waals surface area contributed by atoms with E-state index in [0.717, 1.165) is 0 Å². The number of carboxylic acid groups (broad SMARTS) is 1. The van der Waals surface area contributed by atoms with Gasteiger partial charge in [0, 0.05) is 6.21 Å². The number of hydrogen-bond acceptors (Lipinski definition) is 3. The zero-order valence-electron chi connectivity index (χ0n) is 5.02. The van der Waals surface area contributed by atoms with Gasteiger partial charge in [-0.2, -0.15) is 0 Å². The summed E-state index contributed by atoms with van der Waals surface area (Å²) in [4.78, 5) is 14.3. The molecule has 0 aromatic heterocycles. The lowest BCUT2D eigenvalue weighted by molar-refractivity contribution is -0.136. The molecule has 0 aliphatic carbocycles. The van der Waals surface area contributed by atoms with E-state index in [1.807, 2.05) is 0 Å². The van der Waals surface area contributed by atoms with Gasteiger partial charge in [0.05, 0.1) is 4.86 Å². The van der Waals surface area contributed by atoms with E-state index in [9.17, 15) is 4.79 Å². The first-order valence-electron chi connectivity index (χ1n) is 2.68. The van der Waals surface area contributed by atoms with Crippen molar-refractivity contribution in [3.8, 4) is 0 Å². The lowest BCUT2D eigenvalue weighted by Crippen LogP contribution is -2.26. The van der Waals surface area contributed by atoms with Gasteiger partial charge in [-0.05, 0) is 12.2 Å². The molecule has 1 unspecified atom stereocenters. The predicted molar refractivity (Wildman–Crippen MR) is 41.7 cm³/mol. The maximum absolute atomic E-state index is 10.3. The van der Waals surface area contributed by atoms with Crippen LogP contribution in [0.4, 0.5) is 0 Å². The molecular weight excluding hydrogens is 150 g/mol. The third-order valence-electron chi connectivity index (χ3n) is 1.09. The maximum Gasteiger partial charge on any atom is 0.333 e. The molecule has 0 radical (unpaired) electrons. The van der Waals surface area contributed by atoms with Gasteiger partial charge in [-0.15, -0.1) is 0 Å². The van der Waals surface area contributed by atoms with Crippen molar-refractivity contribution >= 4 is 29.3 Å². The first kappa shape index (κ1) is 7.08. The highest BCUT2D eigenvalue weighted by atomic mass is 32.1. The minimum absolute atomic E-state index is 0.356. The highest BCUT2D eigenvalue weighted by Gasteiger charge is 2.19. The van der Waals surface area contributed by atoms with Gasteiger partial charge in [-0.25, -0.2) is 4.79 Å². The maximum atomic E-state index is 10.3. The number of rotatable bonds is 1. The highest BCUT2D eigenvalue weighted by Crippen LogP contribution is 2.01. The van der Waals surface area contributed by atoms with Crippen LogP contribution in [0.25, 0.3) is 0 Å². The lowest BCUT2D eigenvalue weighted by atomic mass is 10.2. The van der Waals surface area contributed by atoms with Crippen molar-refractivity contribution in [1.29, 1.82) is 0 Å². The van der Waals surface area contributed by atoms with Crippen LogP contribution in [0.2, 0.25) is 0 Å². The zero-order valence-corrected chi connectivity index (χ0v) is 5.84. The average Bonchev–Trinajstić information content (AvgIpc) is 1.88. The van der Waals surface area contributed by atoms with Crippen molar-refractivity contribution in [2.75, 3.05) is 0 Å². The Labute approximate surface area is 63.1 Å². The summed E-state index contributed by atoms with van der Waals surface area (Å²) in [6.45, 7) is 0. The molecule has 10 heavy (non-hydrogen) atoms. The Morgan fingerprint density at radius 2 is 2.50 bits per heavy atom. The molecule has 1 N–H and O–H groups in total. The van der Waals surface area contributed by atoms with Crippen molar-refractivity contribution in [2.24, 2.45) is 4.99 Å². The largest absolute Gasteiger partial charge is 0.479 e. The Kier molecular flexibility index (Phi) is 1.91. The van der Waals surface area contributed by atoms with Crippen LogP contribution in [0.3, 0.4) is 0 Å². The molecule has 1 aliphatic rings. The number of dihydropyridines is 1. The summed E-state index contributed by atoms with van der Waals surface area (Å²) in [5.74, 6) is -0.995. The summed E-state index contributed by atoms with van der Waals surface area (Å²) in [5, 5.41) is 8.47. The van der Waals surface area contributed by atoms with E-state index in [-0.39, 0.29) is 0 Å². The summed E-state index contributed by atoms with van der Waals surface area (Å²) in [6.07, 6.45) is 4.64. The third kappa shape index (κ3) is 1.27. The van der Waals surface area contributed by atoms with Crippen molar-refractivity contribution < 1.29 is 9.90 Å². The zero-order chi connectivity index (χ0) is 7.56. The molecule has 0 amide bonds. The topological polar surface area (TPSA) is 49.7 Å². The standard InChI is InChI=1S/C6H5NO2S/c8-6(9)5-4(10)2-1-3-7-5/h1-3,5H,(H,8,9). The van der Waals surface area contributed by atoms with E-state index >= 15 is 0 Å². The highest BCUT2D eigenvalue weighted by molar-refractivity contribution is 7.81. The molecule has 3 nitrogen and oxygen atoms in total. The molecule has 0 spiro atoms. The number of thiocarbonyl (C=S) groups is 1. The van der Waals surface area contributed by atoms with Crippen LogP contribution < -0.4 is 0 Å². The number of nitrogens with zero attached hydrogens (tertiary/aromatic N) is 1. The van der Waals surface area contributed by atoms with Crippen LogP contribution >= 0.6 is 12.2 Å². The van der Waals surface area contributed by atoms with E-state index in [0.29, 0.717) is 4.86 Å². The number of carboxylic acids is 1. The third-order valence-corrected chi connectivity index (χ3v) is 1.44. The number of allylic oxidation sites excluding steroid dienone is 1. The smallest absolute Gasteiger partial charge is 0.333 e. The summed E-state index contributed by atoms with van der Waals surface area (Å²) in [6, 6.07) is -0.847. The van der Waals surface area contributed by atoms with E-state index in [2.05, 4.69) is 4.99 Å². The van der Waals surface area contributed by atoms with Gasteiger partial charge < -0.3 is 5.11 Å². The van der Waals surface area contributed by atoms with Crippen LogP contribution in [0, 0.1) is 0 Å². The molecule has 1 atom stereocenters. The first-order chi connectivity index (χ1) is 4.72. The van der Waals surface area contributed by atoms with E-state index in [1.54, 1.807) is 12.2 Å². The van der Waals surface area contributed by atoms with Crippen LogP contribution in [0.5, 0.6) is 0 Å². The van der Waals surface area contributed by atoms with Gasteiger partial charge in [0.25, 0.3) is 0 Å².